The number of hydrogen-bond acceptors (Lipinski definition) is 4. The summed E-state index contributed by atoms with van der Waals surface area (Å²) in [5, 5.41) is 8.68. The molecule has 5 heteroatoms. The summed E-state index contributed by atoms with van der Waals surface area (Å²) in [5.41, 5.74) is 0. The number of rotatable bonds is 5. The first-order valence-corrected chi connectivity index (χ1v) is 6.54. The Labute approximate surface area is 111 Å². The summed E-state index contributed by atoms with van der Waals surface area (Å²) in [6.07, 6.45) is 1.30. The van der Waals surface area contributed by atoms with Crippen LogP contribution < -0.4 is 4.90 Å². The van der Waals surface area contributed by atoms with Crippen molar-refractivity contribution in [2.75, 3.05) is 11.4 Å². The quantitative estimate of drug-likeness (QED) is 0.784. The van der Waals surface area contributed by atoms with E-state index in [2.05, 4.69) is 50.7 Å². The summed E-state index contributed by atoms with van der Waals surface area (Å²) in [7, 11) is 0. The van der Waals surface area contributed by atoms with Crippen LogP contribution in [0, 0.1) is 11.3 Å². The van der Waals surface area contributed by atoms with Gasteiger partial charge in [0.2, 0.25) is 0 Å². The highest BCUT2D eigenvalue weighted by Gasteiger charge is 2.13. The minimum absolute atomic E-state index is 0.315. The molecule has 1 aromatic heterocycles. The molecule has 92 valence electrons. The van der Waals surface area contributed by atoms with Crippen molar-refractivity contribution < 1.29 is 0 Å². The van der Waals surface area contributed by atoms with Crippen LogP contribution in [0.25, 0.3) is 0 Å². The van der Waals surface area contributed by atoms with Gasteiger partial charge < -0.3 is 4.90 Å². The standard InChI is InChI=1S/C12H17BrN4/c1-4-11-15-10(13)8-12(16-11)17(9(2)3)7-5-6-14/h8-9H,4-5,7H2,1-3H3. The maximum Gasteiger partial charge on any atom is 0.133 e. The fourth-order valence-electron chi connectivity index (χ4n) is 1.56. The Morgan fingerprint density at radius 3 is 2.71 bits per heavy atom. The van der Waals surface area contributed by atoms with E-state index < -0.39 is 0 Å². The average Bonchev–Trinajstić information content (AvgIpc) is 2.28. The van der Waals surface area contributed by atoms with Crippen molar-refractivity contribution in [2.45, 2.75) is 39.7 Å². The second kappa shape index (κ2) is 6.55. The molecule has 0 saturated heterocycles. The zero-order valence-corrected chi connectivity index (χ0v) is 12.0. The van der Waals surface area contributed by atoms with Gasteiger partial charge in [0, 0.05) is 25.1 Å². The molecule has 0 unspecified atom stereocenters. The lowest BCUT2D eigenvalue weighted by Gasteiger charge is -2.27. The van der Waals surface area contributed by atoms with Gasteiger partial charge in [-0.15, -0.1) is 0 Å². The van der Waals surface area contributed by atoms with Gasteiger partial charge in [0.1, 0.15) is 16.2 Å². The van der Waals surface area contributed by atoms with Crippen LogP contribution in [0.2, 0.25) is 0 Å². The maximum atomic E-state index is 8.68. The van der Waals surface area contributed by atoms with Crippen molar-refractivity contribution in [3.63, 3.8) is 0 Å². The smallest absolute Gasteiger partial charge is 0.133 e. The summed E-state index contributed by atoms with van der Waals surface area (Å²) in [6.45, 7) is 6.92. The van der Waals surface area contributed by atoms with Gasteiger partial charge in [0.25, 0.3) is 0 Å². The van der Waals surface area contributed by atoms with Gasteiger partial charge in [-0.1, -0.05) is 6.92 Å². The van der Waals surface area contributed by atoms with Gasteiger partial charge in [-0.3, -0.25) is 0 Å². The number of nitrogens with zero attached hydrogens (tertiary/aromatic N) is 4. The zero-order chi connectivity index (χ0) is 12.8. The third kappa shape index (κ3) is 3.97. The SMILES string of the molecule is CCc1nc(Br)cc(N(CCC#N)C(C)C)n1. The van der Waals surface area contributed by atoms with Gasteiger partial charge >= 0.3 is 0 Å². The van der Waals surface area contributed by atoms with E-state index >= 15 is 0 Å². The van der Waals surface area contributed by atoms with Crippen LogP contribution in [0.3, 0.4) is 0 Å². The zero-order valence-electron chi connectivity index (χ0n) is 10.4. The molecule has 0 amide bonds. The molecule has 0 radical (unpaired) electrons. The van der Waals surface area contributed by atoms with Crippen LogP contribution in [0.5, 0.6) is 0 Å². The molecule has 1 aromatic rings. The molecule has 0 spiro atoms. The van der Waals surface area contributed by atoms with E-state index in [1.54, 1.807) is 0 Å². The van der Waals surface area contributed by atoms with Crippen LogP contribution in [-0.2, 0) is 6.42 Å². The minimum Gasteiger partial charge on any atom is -0.353 e. The van der Waals surface area contributed by atoms with E-state index in [1.807, 2.05) is 13.0 Å². The van der Waals surface area contributed by atoms with E-state index in [0.29, 0.717) is 19.0 Å². The predicted octanol–water partition coefficient (Wildman–Crippen LogP) is 2.93. The van der Waals surface area contributed by atoms with Crippen LogP contribution >= 0.6 is 15.9 Å². The highest BCUT2D eigenvalue weighted by atomic mass is 79.9. The Balaban J connectivity index is 3.01. The van der Waals surface area contributed by atoms with Crippen LogP contribution in [0.1, 0.15) is 33.0 Å². The number of nitriles is 1. The Kier molecular flexibility index (Phi) is 5.36. The van der Waals surface area contributed by atoms with Crippen molar-refractivity contribution in [2.24, 2.45) is 0 Å². The molecule has 0 aromatic carbocycles. The summed E-state index contributed by atoms with van der Waals surface area (Å²) >= 11 is 3.40. The number of aryl methyl sites for hydroxylation is 1. The van der Waals surface area contributed by atoms with Crippen molar-refractivity contribution in [1.82, 2.24) is 9.97 Å². The Hall–Kier alpha value is -1.15. The predicted molar refractivity (Wildman–Crippen MR) is 71.8 cm³/mol. The Morgan fingerprint density at radius 2 is 2.18 bits per heavy atom. The van der Waals surface area contributed by atoms with Gasteiger partial charge in [-0.05, 0) is 29.8 Å². The summed E-state index contributed by atoms with van der Waals surface area (Å²) in [6, 6.07) is 4.38. The van der Waals surface area contributed by atoms with E-state index in [0.717, 1.165) is 22.7 Å². The van der Waals surface area contributed by atoms with Crippen LogP contribution in [-0.4, -0.2) is 22.6 Å². The lowest BCUT2D eigenvalue weighted by atomic mass is 10.3. The van der Waals surface area contributed by atoms with Gasteiger partial charge in [0.15, 0.2) is 0 Å². The van der Waals surface area contributed by atoms with E-state index in [9.17, 15) is 0 Å². The Bertz CT molecular complexity index is 411. The average molecular weight is 297 g/mol. The first-order chi connectivity index (χ1) is 8.08. The molecule has 0 bridgehead atoms. The maximum absolute atomic E-state index is 8.68. The van der Waals surface area contributed by atoms with E-state index in [-0.39, 0.29) is 0 Å². The molecule has 0 aliphatic rings. The van der Waals surface area contributed by atoms with Crippen molar-refractivity contribution in [3.8, 4) is 6.07 Å². The second-order valence-corrected chi connectivity index (χ2v) is 4.83. The largest absolute Gasteiger partial charge is 0.353 e. The Morgan fingerprint density at radius 1 is 1.47 bits per heavy atom. The van der Waals surface area contributed by atoms with E-state index in [1.165, 1.54) is 0 Å². The van der Waals surface area contributed by atoms with Crippen molar-refractivity contribution >= 4 is 21.7 Å². The molecule has 0 fully saturated rings. The molecular formula is C12H17BrN4. The normalized spacial score (nSPS) is 10.4. The molecule has 1 rings (SSSR count). The van der Waals surface area contributed by atoms with Crippen LogP contribution in [0.15, 0.2) is 10.7 Å². The molecule has 0 aliphatic heterocycles. The fourth-order valence-corrected chi connectivity index (χ4v) is 1.97. The summed E-state index contributed by atoms with van der Waals surface area (Å²) in [5.74, 6) is 1.70. The molecule has 0 aliphatic carbocycles. The number of halogens is 1. The molecule has 4 nitrogen and oxygen atoms in total. The highest BCUT2D eigenvalue weighted by Crippen LogP contribution is 2.19. The molecule has 0 N–H and O–H groups in total. The van der Waals surface area contributed by atoms with Gasteiger partial charge in [-0.25, -0.2) is 9.97 Å². The number of hydrogen-bond donors (Lipinski definition) is 0. The lowest BCUT2D eigenvalue weighted by Crippen LogP contribution is -2.32. The van der Waals surface area contributed by atoms with Gasteiger partial charge in [-0.2, -0.15) is 5.26 Å². The van der Waals surface area contributed by atoms with Gasteiger partial charge in [0.05, 0.1) is 12.5 Å². The highest BCUT2D eigenvalue weighted by molar-refractivity contribution is 9.10. The molecule has 17 heavy (non-hydrogen) atoms. The summed E-state index contributed by atoms with van der Waals surface area (Å²) in [4.78, 5) is 10.9. The molecule has 0 saturated carbocycles. The third-order valence-electron chi connectivity index (χ3n) is 2.43. The topological polar surface area (TPSA) is 52.8 Å². The van der Waals surface area contributed by atoms with Crippen molar-refractivity contribution in [3.05, 3.63) is 16.5 Å². The summed E-state index contributed by atoms with van der Waals surface area (Å²) < 4.78 is 0.793. The first kappa shape index (κ1) is 13.9. The molecular weight excluding hydrogens is 280 g/mol. The fraction of sp³-hybridized carbons (Fsp3) is 0.583. The molecule has 0 atom stereocenters. The minimum atomic E-state index is 0.315. The third-order valence-corrected chi connectivity index (χ3v) is 2.83. The molecule has 1 heterocycles. The number of aromatic nitrogens is 2. The first-order valence-electron chi connectivity index (χ1n) is 5.75. The van der Waals surface area contributed by atoms with Crippen molar-refractivity contribution in [1.29, 1.82) is 5.26 Å². The monoisotopic (exact) mass is 296 g/mol. The second-order valence-electron chi connectivity index (χ2n) is 4.01. The van der Waals surface area contributed by atoms with E-state index in [4.69, 9.17) is 5.26 Å². The van der Waals surface area contributed by atoms with Crippen LogP contribution in [0.4, 0.5) is 5.82 Å². The number of anilines is 1. The lowest BCUT2D eigenvalue weighted by molar-refractivity contribution is 0.671.